The highest BCUT2D eigenvalue weighted by Gasteiger charge is 2.18. The smallest absolute Gasteiger partial charge is 0.225 e. The normalized spacial score (nSPS) is 20.1. The zero-order chi connectivity index (χ0) is 12.4. The van der Waals surface area contributed by atoms with Crippen LogP contribution in [0.25, 0.3) is 11.1 Å². The highest BCUT2D eigenvalue weighted by Crippen LogP contribution is 2.19. The van der Waals surface area contributed by atoms with Crippen LogP contribution in [0.3, 0.4) is 0 Å². The maximum Gasteiger partial charge on any atom is 0.225 e. The summed E-state index contributed by atoms with van der Waals surface area (Å²) in [6.07, 6.45) is 9.78. The van der Waals surface area contributed by atoms with E-state index in [2.05, 4.69) is 19.9 Å². The summed E-state index contributed by atoms with van der Waals surface area (Å²) in [5.41, 5.74) is 8.11. The van der Waals surface area contributed by atoms with Crippen LogP contribution in [0.15, 0.2) is 30.9 Å². The van der Waals surface area contributed by atoms with Gasteiger partial charge in [-0.25, -0.2) is 9.97 Å². The van der Waals surface area contributed by atoms with Crippen molar-refractivity contribution in [1.82, 2.24) is 15.0 Å². The van der Waals surface area contributed by atoms with E-state index in [1.807, 2.05) is 30.9 Å². The van der Waals surface area contributed by atoms with Gasteiger partial charge in [-0.15, -0.1) is 0 Å². The van der Waals surface area contributed by atoms with Crippen molar-refractivity contribution in [3.63, 3.8) is 0 Å². The van der Waals surface area contributed by atoms with E-state index in [-0.39, 0.29) is 6.04 Å². The van der Waals surface area contributed by atoms with Crippen molar-refractivity contribution in [3.05, 3.63) is 30.9 Å². The molecule has 0 aromatic carbocycles. The van der Waals surface area contributed by atoms with Gasteiger partial charge >= 0.3 is 0 Å². The molecule has 18 heavy (non-hydrogen) atoms. The van der Waals surface area contributed by atoms with Crippen LogP contribution in [0.4, 0.5) is 5.95 Å². The summed E-state index contributed by atoms with van der Waals surface area (Å²) in [7, 11) is 0. The van der Waals surface area contributed by atoms with Gasteiger partial charge in [0, 0.05) is 55.0 Å². The Balaban J connectivity index is 1.78. The number of aromatic amines is 1. The summed E-state index contributed by atoms with van der Waals surface area (Å²) in [4.78, 5) is 14.1. The Kier molecular flexibility index (Phi) is 2.98. The third-order valence-corrected chi connectivity index (χ3v) is 3.31. The minimum absolute atomic E-state index is 0.242. The number of nitrogens with zero attached hydrogens (tertiary/aromatic N) is 3. The van der Waals surface area contributed by atoms with E-state index in [4.69, 9.17) is 5.73 Å². The van der Waals surface area contributed by atoms with Crippen molar-refractivity contribution < 1.29 is 0 Å². The van der Waals surface area contributed by atoms with Gasteiger partial charge in [-0.3, -0.25) is 0 Å². The number of nitrogens with two attached hydrogens (primary N) is 1. The van der Waals surface area contributed by atoms with E-state index in [9.17, 15) is 0 Å². The Labute approximate surface area is 106 Å². The second kappa shape index (κ2) is 4.78. The second-order valence-electron chi connectivity index (χ2n) is 4.72. The number of anilines is 1. The zero-order valence-electron chi connectivity index (χ0n) is 10.2. The first-order valence-electron chi connectivity index (χ1n) is 6.28. The van der Waals surface area contributed by atoms with Gasteiger partial charge < -0.3 is 15.6 Å². The maximum absolute atomic E-state index is 5.97. The number of hydrogen-bond donors (Lipinski definition) is 2. The molecule has 2 aromatic heterocycles. The molecule has 3 heterocycles. The molecule has 1 aliphatic rings. The Morgan fingerprint density at radius 2 is 2.11 bits per heavy atom. The fourth-order valence-electron chi connectivity index (χ4n) is 2.33. The third-order valence-electron chi connectivity index (χ3n) is 3.31. The molecule has 5 heteroatoms. The lowest BCUT2D eigenvalue weighted by atomic mass is 10.1. The fourth-order valence-corrected chi connectivity index (χ4v) is 2.33. The monoisotopic (exact) mass is 243 g/mol. The lowest BCUT2D eigenvalue weighted by Crippen LogP contribution is -2.43. The SMILES string of the molecule is NC1CCCN(c2ncc(-c3cc[nH]c3)cn2)C1. The molecule has 0 spiro atoms. The fraction of sp³-hybridized carbons (Fsp3) is 0.385. The van der Waals surface area contributed by atoms with Gasteiger partial charge in [0.15, 0.2) is 0 Å². The number of H-pyrrole nitrogens is 1. The van der Waals surface area contributed by atoms with Crippen molar-refractivity contribution in [2.75, 3.05) is 18.0 Å². The average Bonchev–Trinajstić information content (AvgIpc) is 2.93. The predicted molar refractivity (Wildman–Crippen MR) is 71.2 cm³/mol. The van der Waals surface area contributed by atoms with Gasteiger partial charge in [0.2, 0.25) is 5.95 Å². The molecule has 1 unspecified atom stereocenters. The van der Waals surface area contributed by atoms with Crippen molar-refractivity contribution in [1.29, 1.82) is 0 Å². The van der Waals surface area contributed by atoms with E-state index < -0.39 is 0 Å². The summed E-state index contributed by atoms with van der Waals surface area (Å²) < 4.78 is 0. The molecule has 1 atom stereocenters. The molecule has 1 fully saturated rings. The molecule has 0 amide bonds. The Hall–Kier alpha value is -1.88. The van der Waals surface area contributed by atoms with Gasteiger partial charge in [-0.05, 0) is 18.9 Å². The summed E-state index contributed by atoms with van der Waals surface area (Å²) in [6, 6.07) is 2.25. The lowest BCUT2D eigenvalue weighted by molar-refractivity contribution is 0.500. The first-order valence-corrected chi connectivity index (χ1v) is 6.28. The Morgan fingerprint density at radius 1 is 1.28 bits per heavy atom. The molecule has 94 valence electrons. The van der Waals surface area contributed by atoms with Crippen LogP contribution in [0, 0.1) is 0 Å². The van der Waals surface area contributed by atoms with Crippen LogP contribution >= 0.6 is 0 Å². The average molecular weight is 243 g/mol. The zero-order valence-corrected chi connectivity index (χ0v) is 10.2. The van der Waals surface area contributed by atoms with E-state index in [1.54, 1.807) is 0 Å². The Morgan fingerprint density at radius 3 is 2.78 bits per heavy atom. The first-order chi connectivity index (χ1) is 8.83. The van der Waals surface area contributed by atoms with Crippen molar-refractivity contribution >= 4 is 5.95 Å². The van der Waals surface area contributed by atoms with Gasteiger partial charge in [-0.2, -0.15) is 0 Å². The Bertz CT molecular complexity index is 491. The molecule has 5 nitrogen and oxygen atoms in total. The summed E-state index contributed by atoms with van der Waals surface area (Å²) in [5.74, 6) is 0.782. The number of rotatable bonds is 2. The predicted octanol–water partition coefficient (Wildman–Crippen LogP) is 1.40. The molecule has 2 aromatic rings. The van der Waals surface area contributed by atoms with E-state index in [1.165, 1.54) is 0 Å². The summed E-state index contributed by atoms with van der Waals surface area (Å²) in [6.45, 7) is 1.85. The van der Waals surface area contributed by atoms with Crippen LogP contribution < -0.4 is 10.6 Å². The molecule has 3 N–H and O–H groups in total. The minimum atomic E-state index is 0.242. The van der Waals surface area contributed by atoms with Crippen molar-refractivity contribution in [3.8, 4) is 11.1 Å². The summed E-state index contributed by atoms with van der Waals surface area (Å²) >= 11 is 0. The van der Waals surface area contributed by atoms with Crippen LogP contribution in [0.5, 0.6) is 0 Å². The van der Waals surface area contributed by atoms with E-state index in [0.717, 1.165) is 43.0 Å². The maximum atomic E-state index is 5.97. The topological polar surface area (TPSA) is 70.8 Å². The molecular weight excluding hydrogens is 226 g/mol. The van der Waals surface area contributed by atoms with Crippen LogP contribution in [-0.2, 0) is 0 Å². The summed E-state index contributed by atoms with van der Waals surface area (Å²) in [5, 5.41) is 0. The number of nitrogens with one attached hydrogen (secondary N) is 1. The standard InChI is InChI=1S/C13H17N5/c14-12-2-1-5-18(9-12)13-16-7-11(8-17-13)10-3-4-15-6-10/h3-4,6-8,12,15H,1-2,5,9,14H2. The van der Waals surface area contributed by atoms with Crippen molar-refractivity contribution in [2.24, 2.45) is 5.73 Å². The quantitative estimate of drug-likeness (QED) is 0.836. The van der Waals surface area contributed by atoms with Gasteiger partial charge in [-0.1, -0.05) is 0 Å². The number of hydrogen-bond acceptors (Lipinski definition) is 4. The van der Waals surface area contributed by atoms with Crippen LogP contribution in [0.2, 0.25) is 0 Å². The van der Waals surface area contributed by atoms with E-state index >= 15 is 0 Å². The molecule has 0 aliphatic carbocycles. The largest absolute Gasteiger partial charge is 0.367 e. The highest BCUT2D eigenvalue weighted by molar-refractivity contribution is 5.61. The molecule has 1 aliphatic heterocycles. The number of aromatic nitrogens is 3. The van der Waals surface area contributed by atoms with Crippen molar-refractivity contribution in [2.45, 2.75) is 18.9 Å². The molecular formula is C13H17N5. The van der Waals surface area contributed by atoms with Crippen LogP contribution in [0.1, 0.15) is 12.8 Å². The third kappa shape index (κ3) is 2.22. The number of piperidine rings is 1. The first kappa shape index (κ1) is 11.2. The van der Waals surface area contributed by atoms with Gasteiger partial charge in [0.1, 0.15) is 0 Å². The molecule has 0 bridgehead atoms. The van der Waals surface area contributed by atoms with Crippen LogP contribution in [-0.4, -0.2) is 34.1 Å². The van der Waals surface area contributed by atoms with Gasteiger partial charge in [0.25, 0.3) is 0 Å². The second-order valence-corrected chi connectivity index (χ2v) is 4.72. The lowest BCUT2D eigenvalue weighted by Gasteiger charge is -2.30. The van der Waals surface area contributed by atoms with E-state index in [0.29, 0.717) is 0 Å². The molecule has 1 saturated heterocycles. The highest BCUT2D eigenvalue weighted by atomic mass is 15.3. The molecule has 0 saturated carbocycles. The van der Waals surface area contributed by atoms with Gasteiger partial charge in [0.05, 0.1) is 0 Å². The minimum Gasteiger partial charge on any atom is -0.367 e. The molecule has 3 rings (SSSR count). The molecule has 0 radical (unpaired) electrons.